The van der Waals surface area contributed by atoms with Crippen molar-refractivity contribution in [2.24, 2.45) is 5.41 Å². The Hall–Kier alpha value is -2.36. The number of rotatable bonds is 5. The number of ether oxygens (including phenoxy) is 1. The van der Waals surface area contributed by atoms with Gasteiger partial charge in [0.1, 0.15) is 11.2 Å². The summed E-state index contributed by atoms with van der Waals surface area (Å²) in [5.74, 6) is -0.0646. The predicted molar refractivity (Wildman–Crippen MR) is 88.3 cm³/mol. The molecule has 3 rings (SSSR count). The summed E-state index contributed by atoms with van der Waals surface area (Å²) in [5.41, 5.74) is -0.306. The number of nitrogens with one attached hydrogen (secondary N) is 1. The first-order valence-corrected chi connectivity index (χ1v) is 8.55. The van der Waals surface area contributed by atoms with Crippen molar-refractivity contribution in [2.45, 2.75) is 44.8 Å². The smallest absolute Gasteiger partial charge is 0.387 e. The van der Waals surface area contributed by atoms with Crippen molar-refractivity contribution in [3.05, 3.63) is 24.3 Å². The fourth-order valence-corrected chi connectivity index (χ4v) is 3.70. The minimum absolute atomic E-state index is 0.0991. The standard InChI is InChI=1S/C18H21F2N3O2/c19-17(20)25-15-6-2-1-5-14(15)23-10-7-13(11-23)22-16(24)18(12-21)8-3-4-9-18/h1-2,5-6,13,17H,3-4,7-11H2,(H,22,24)/t13-/m1/s1. The Morgan fingerprint density at radius 2 is 2.08 bits per heavy atom. The van der Waals surface area contributed by atoms with Crippen molar-refractivity contribution in [2.75, 3.05) is 18.0 Å². The maximum Gasteiger partial charge on any atom is 0.387 e. The maximum absolute atomic E-state index is 12.6. The molecule has 2 fully saturated rings. The van der Waals surface area contributed by atoms with E-state index in [0.717, 1.165) is 12.8 Å². The van der Waals surface area contributed by atoms with Gasteiger partial charge in [-0.25, -0.2) is 0 Å². The van der Waals surface area contributed by atoms with E-state index in [-0.39, 0.29) is 17.7 Å². The van der Waals surface area contributed by atoms with Gasteiger partial charge in [0.25, 0.3) is 0 Å². The number of anilines is 1. The molecule has 1 atom stereocenters. The van der Waals surface area contributed by atoms with Crippen molar-refractivity contribution >= 4 is 11.6 Å². The Morgan fingerprint density at radius 3 is 2.76 bits per heavy atom. The first kappa shape index (κ1) is 17.5. The van der Waals surface area contributed by atoms with Crippen LogP contribution in [0.2, 0.25) is 0 Å². The Balaban J connectivity index is 1.65. The number of carbonyl (C=O) groups excluding carboxylic acids is 1. The van der Waals surface area contributed by atoms with E-state index in [0.29, 0.717) is 38.0 Å². The average molecular weight is 349 g/mol. The van der Waals surface area contributed by atoms with E-state index in [2.05, 4.69) is 16.1 Å². The van der Waals surface area contributed by atoms with Crippen LogP contribution >= 0.6 is 0 Å². The van der Waals surface area contributed by atoms with Gasteiger partial charge in [-0.15, -0.1) is 0 Å². The van der Waals surface area contributed by atoms with Crippen LogP contribution in [0.15, 0.2) is 24.3 Å². The van der Waals surface area contributed by atoms with Gasteiger partial charge in [0.2, 0.25) is 5.91 Å². The van der Waals surface area contributed by atoms with Gasteiger partial charge in [0.15, 0.2) is 0 Å². The summed E-state index contributed by atoms with van der Waals surface area (Å²) in [7, 11) is 0. The van der Waals surface area contributed by atoms with Crippen molar-refractivity contribution in [3.8, 4) is 11.8 Å². The lowest BCUT2D eigenvalue weighted by Crippen LogP contribution is -2.45. The number of benzene rings is 1. The molecule has 0 radical (unpaired) electrons. The second kappa shape index (κ2) is 7.26. The van der Waals surface area contributed by atoms with Crippen LogP contribution in [0.4, 0.5) is 14.5 Å². The summed E-state index contributed by atoms with van der Waals surface area (Å²) < 4.78 is 29.7. The predicted octanol–water partition coefficient (Wildman–Crippen LogP) is 3.07. The number of nitriles is 1. The fourth-order valence-electron chi connectivity index (χ4n) is 3.70. The monoisotopic (exact) mass is 349 g/mol. The minimum Gasteiger partial charge on any atom is -0.433 e. The van der Waals surface area contributed by atoms with E-state index in [1.54, 1.807) is 18.2 Å². The fraction of sp³-hybridized carbons (Fsp3) is 0.556. The second-order valence-electron chi connectivity index (χ2n) is 6.65. The number of nitrogens with zero attached hydrogens (tertiary/aromatic N) is 2. The molecule has 1 aromatic carbocycles. The topological polar surface area (TPSA) is 65.4 Å². The van der Waals surface area contributed by atoms with Crippen molar-refractivity contribution < 1.29 is 18.3 Å². The SMILES string of the molecule is N#CC1(C(=O)N[C@@H]2CCN(c3ccccc3OC(F)F)C2)CCCC1. The zero-order valence-corrected chi connectivity index (χ0v) is 13.9. The molecule has 1 aliphatic heterocycles. The molecular formula is C18H21F2N3O2. The van der Waals surface area contributed by atoms with Gasteiger partial charge in [0, 0.05) is 19.1 Å². The molecule has 134 valence electrons. The summed E-state index contributed by atoms with van der Waals surface area (Å²) in [4.78, 5) is 14.5. The summed E-state index contributed by atoms with van der Waals surface area (Å²) >= 11 is 0. The molecule has 1 saturated carbocycles. The van der Waals surface area contributed by atoms with E-state index in [1.807, 2.05) is 4.90 Å². The van der Waals surface area contributed by atoms with Gasteiger partial charge in [-0.3, -0.25) is 4.79 Å². The molecule has 2 aliphatic rings. The molecule has 1 N–H and O–H groups in total. The Labute approximate surface area is 145 Å². The number of carbonyl (C=O) groups is 1. The zero-order chi connectivity index (χ0) is 17.9. The zero-order valence-electron chi connectivity index (χ0n) is 13.9. The Bertz CT molecular complexity index is 669. The molecule has 1 heterocycles. The number of para-hydroxylation sites is 2. The molecule has 1 saturated heterocycles. The molecular weight excluding hydrogens is 328 g/mol. The van der Waals surface area contributed by atoms with Crippen LogP contribution < -0.4 is 15.0 Å². The number of hydrogen-bond donors (Lipinski definition) is 1. The normalized spacial score (nSPS) is 22.0. The van der Waals surface area contributed by atoms with Crippen LogP contribution in [0.3, 0.4) is 0 Å². The van der Waals surface area contributed by atoms with E-state index in [1.165, 1.54) is 6.07 Å². The Kier molecular flexibility index (Phi) is 5.07. The van der Waals surface area contributed by atoms with Gasteiger partial charge in [-0.05, 0) is 31.4 Å². The Morgan fingerprint density at radius 1 is 1.36 bits per heavy atom. The first-order valence-electron chi connectivity index (χ1n) is 8.55. The molecule has 1 aliphatic carbocycles. The van der Waals surface area contributed by atoms with Crippen LogP contribution in [-0.4, -0.2) is 31.7 Å². The van der Waals surface area contributed by atoms with E-state index >= 15 is 0 Å². The quantitative estimate of drug-likeness (QED) is 0.887. The highest BCUT2D eigenvalue weighted by atomic mass is 19.3. The molecule has 1 amide bonds. The largest absolute Gasteiger partial charge is 0.433 e. The molecule has 0 aromatic heterocycles. The third kappa shape index (κ3) is 3.68. The number of hydrogen-bond acceptors (Lipinski definition) is 4. The van der Waals surface area contributed by atoms with Gasteiger partial charge in [-0.1, -0.05) is 25.0 Å². The van der Waals surface area contributed by atoms with Crippen LogP contribution in [0.5, 0.6) is 5.75 Å². The maximum atomic E-state index is 12.6. The summed E-state index contributed by atoms with van der Waals surface area (Å²) in [6, 6.07) is 8.75. The first-order chi connectivity index (χ1) is 12.0. The highest BCUT2D eigenvalue weighted by Gasteiger charge is 2.42. The molecule has 0 bridgehead atoms. The number of amides is 1. The van der Waals surface area contributed by atoms with Crippen LogP contribution in [-0.2, 0) is 4.79 Å². The molecule has 0 unspecified atom stereocenters. The minimum atomic E-state index is -2.88. The summed E-state index contributed by atoms with van der Waals surface area (Å²) in [5, 5.41) is 12.4. The van der Waals surface area contributed by atoms with Gasteiger partial charge in [-0.2, -0.15) is 14.0 Å². The van der Waals surface area contributed by atoms with E-state index < -0.39 is 12.0 Å². The lowest BCUT2D eigenvalue weighted by atomic mass is 9.87. The van der Waals surface area contributed by atoms with Crippen molar-refractivity contribution in [1.29, 1.82) is 5.26 Å². The molecule has 0 spiro atoms. The third-order valence-electron chi connectivity index (χ3n) is 5.05. The van der Waals surface area contributed by atoms with E-state index in [9.17, 15) is 18.8 Å². The molecule has 25 heavy (non-hydrogen) atoms. The third-order valence-corrected chi connectivity index (χ3v) is 5.05. The highest BCUT2D eigenvalue weighted by molar-refractivity contribution is 5.86. The number of halogens is 2. The summed E-state index contributed by atoms with van der Waals surface area (Å²) in [6.07, 6.45) is 3.72. The molecule has 5 nitrogen and oxygen atoms in total. The number of alkyl halides is 2. The lowest BCUT2D eigenvalue weighted by Gasteiger charge is -2.24. The second-order valence-corrected chi connectivity index (χ2v) is 6.65. The van der Waals surface area contributed by atoms with Gasteiger partial charge in [0.05, 0.1) is 11.8 Å². The molecule has 1 aromatic rings. The van der Waals surface area contributed by atoms with Crippen LogP contribution in [0.1, 0.15) is 32.1 Å². The summed E-state index contributed by atoms with van der Waals surface area (Å²) in [6.45, 7) is -1.73. The van der Waals surface area contributed by atoms with Crippen LogP contribution in [0, 0.1) is 16.7 Å². The average Bonchev–Trinajstić information content (AvgIpc) is 3.24. The van der Waals surface area contributed by atoms with Gasteiger partial charge >= 0.3 is 6.61 Å². The van der Waals surface area contributed by atoms with E-state index in [4.69, 9.17) is 0 Å². The molecule has 7 heteroatoms. The lowest BCUT2D eigenvalue weighted by molar-refractivity contribution is -0.128. The van der Waals surface area contributed by atoms with Gasteiger partial charge < -0.3 is 15.0 Å². The van der Waals surface area contributed by atoms with Crippen molar-refractivity contribution in [3.63, 3.8) is 0 Å². The highest BCUT2D eigenvalue weighted by Crippen LogP contribution is 2.38. The van der Waals surface area contributed by atoms with Crippen molar-refractivity contribution in [1.82, 2.24) is 5.32 Å². The van der Waals surface area contributed by atoms with Crippen LogP contribution in [0.25, 0.3) is 0 Å².